The summed E-state index contributed by atoms with van der Waals surface area (Å²) in [5.74, 6) is 1.57. The summed E-state index contributed by atoms with van der Waals surface area (Å²) in [5.41, 5.74) is 9.63. The molecule has 0 saturated carbocycles. The third-order valence-corrected chi connectivity index (χ3v) is 3.82. The van der Waals surface area contributed by atoms with Gasteiger partial charge in [0.15, 0.2) is 0 Å². The van der Waals surface area contributed by atoms with E-state index >= 15 is 0 Å². The van der Waals surface area contributed by atoms with E-state index in [1.54, 1.807) is 6.08 Å². The second-order valence-electron chi connectivity index (χ2n) is 6.26. The Morgan fingerprint density at radius 3 is 2.25 bits per heavy atom. The van der Waals surface area contributed by atoms with Crippen molar-refractivity contribution >= 4 is 23.7 Å². The van der Waals surface area contributed by atoms with Crippen molar-refractivity contribution in [3.05, 3.63) is 47.5 Å². The molecule has 0 aliphatic heterocycles. The molecule has 0 atom stereocenters. The van der Waals surface area contributed by atoms with Gasteiger partial charge in [-0.05, 0) is 11.6 Å². The lowest BCUT2D eigenvalue weighted by Gasteiger charge is -2.07. The number of nitrogens with zero attached hydrogens (tertiary/aromatic N) is 2. The van der Waals surface area contributed by atoms with Crippen LogP contribution >= 0.6 is 0 Å². The fourth-order valence-corrected chi connectivity index (χ4v) is 2.23. The summed E-state index contributed by atoms with van der Waals surface area (Å²) in [5, 5.41) is 2.70. The first-order chi connectivity index (χ1) is 15.7. The van der Waals surface area contributed by atoms with E-state index < -0.39 is 5.97 Å². The van der Waals surface area contributed by atoms with Crippen LogP contribution in [0.4, 0.5) is 0 Å². The topological polar surface area (TPSA) is 119 Å². The highest BCUT2D eigenvalue weighted by molar-refractivity contribution is 6.39. The van der Waals surface area contributed by atoms with Crippen LogP contribution < -0.4 is 5.32 Å². The van der Waals surface area contributed by atoms with E-state index in [-0.39, 0.29) is 24.8 Å². The molecular formula is C23H29N3O6. The Hall–Kier alpha value is -3.28. The van der Waals surface area contributed by atoms with Gasteiger partial charge in [-0.2, -0.15) is 4.79 Å². The predicted octanol–water partition coefficient (Wildman–Crippen LogP) is 1.49. The Morgan fingerprint density at radius 2 is 1.62 bits per heavy atom. The number of rotatable bonds is 17. The van der Waals surface area contributed by atoms with E-state index in [4.69, 9.17) is 30.9 Å². The van der Waals surface area contributed by atoms with Gasteiger partial charge in [0, 0.05) is 25.5 Å². The molecule has 0 radical (unpaired) electrons. The molecule has 9 nitrogen and oxygen atoms in total. The van der Waals surface area contributed by atoms with Crippen LogP contribution in [0.3, 0.4) is 0 Å². The first kappa shape index (κ1) is 26.8. The molecule has 0 fully saturated rings. The van der Waals surface area contributed by atoms with Gasteiger partial charge in [-0.15, -0.1) is 12.3 Å². The van der Waals surface area contributed by atoms with E-state index in [0.717, 1.165) is 5.56 Å². The Labute approximate surface area is 188 Å². The number of carbonyl (C=O) groups excluding carboxylic acids is 2. The Kier molecular flexibility index (Phi) is 15.5. The van der Waals surface area contributed by atoms with Crippen LogP contribution in [0.15, 0.2) is 36.4 Å². The lowest BCUT2D eigenvalue weighted by Crippen LogP contribution is -2.27. The van der Waals surface area contributed by atoms with Crippen molar-refractivity contribution in [3.63, 3.8) is 0 Å². The highest BCUT2D eigenvalue weighted by Gasteiger charge is 2.18. The van der Waals surface area contributed by atoms with Gasteiger partial charge < -0.3 is 29.8 Å². The first-order valence-electron chi connectivity index (χ1n) is 10.2. The molecule has 32 heavy (non-hydrogen) atoms. The van der Waals surface area contributed by atoms with Crippen molar-refractivity contribution in [2.24, 2.45) is 0 Å². The van der Waals surface area contributed by atoms with E-state index in [1.807, 2.05) is 30.3 Å². The molecule has 0 bridgehead atoms. The third-order valence-electron chi connectivity index (χ3n) is 3.82. The second kappa shape index (κ2) is 18.5. The SMILES string of the molecule is C#CCCC(=O)NCCOCCOCCOCCOC(=O)C(/C=C/c1ccccc1)=[N+]=[N-]. The fourth-order valence-electron chi connectivity index (χ4n) is 2.23. The minimum Gasteiger partial charge on any atom is -0.454 e. The molecule has 9 heteroatoms. The normalized spacial score (nSPS) is 10.3. The number of benzene rings is 1. The van der Waals surface area contributed by atoms with Crippen molar-refractivity contribution in [1.29, 1.82) is 0 Å². The maximum Gasteiger partial charge on any atom is 0.421 e. The number of amides is 1. The largest absolute Gasteiger partial charge is 0.454 e. The fraction of sp³-hybridized carbons (Fsp3) is 0.435. The highest BCUT2D eigenvalue weighted by atomic mass is 16.6. The molecule has 1 rings (SSSR count). The van der Waals surface area contributed by atoms with Crippen molar-refractivity contribution < 1.29 is 33.3 Å². The van der Waals surface area contributed by atoms with Crippen LogP contribution in [0.1, 0.15) is 18.4 Å². The third kappa shape index (κ3) is 13.9. The van der Waals surface area contributed by atoms with Gasteiger partial charge in [0.1, 0.15) is 6.61 Å². The van der Waals surface area contributed by atoms with Crippen LogP contribution in [0.25, 0.3) is 11.6 Å². The Morgan fingerprint density at radius 1 is 1.00 bits per heavy atom. The minimum absolute atomic E-state index is 0.0210. The van der Waals surface area contributed by atoms with Crippen LogP contribution in [-0.4, -0.2) is 75.2 Å². The molecule has 1 N–H and O–H groups in total. The summed E-state index contributed by atoms with van der Waals surface area (Å²) < 4.78 is 21.0. The van der Waals surface area contributed by atoms with Gasteiger partial charge in [-0.25, -0.2) is 4.79 Å². The monoisotopic (exact) mass is 443 g/mol. The van der Waals surface area contributed by atoms with Crippen LogP contribution in [0.5, 0.6) is 0 Å². The van der Waals surface area contributed by atoms with Gasteiger partial charge in [0.05, 0.1) is 39.6 Å². The van der Waals surface area contributed by atoms with Crippen LogP contribution in [-0.2, 0) is 28.5 Å². The number of esters is 1. The summed E-state index contributed by atoms with van der Waals surface area (Å²) in [7, 11) is 0. The Bertz CT molecular complexity index is 798. The van der Waals surface area contributed by atoms with E-state index in [2.05, 4.69) is 16.0 Å². The van der Waals surface area contributed by atoms with Gasteiger partial charge in [-0.1, -0.05) is 30.3 Å². The molecule has 0 aliphatic carbocycles. The van der Waals surface area contributed by atoms with Gasteiger partial charge >= 0.3 is 11.7 Å². The average Bonchev–Trinajstić information content (AvgIpc) is 2.81. The molecule has 1 amide bonds. The summed E-state index contributed by atoms with van der Waals surface area (Å²) in [6.07, 6.45) is 8.85. The zero-order valence-corrected chi connectivity index (χ0v) is 18.0. The second-order valence-corrected chi connectivity index (χ2v) is 6.26. The van der Waals surface area contributed by atoms with Gasteiger partial charge in [0.2, 0.25) is 5.91 Å². The standard InChI is InChI=1S/C23H29N3O6/c1-2-3-9-22(27)25-12-13-29-14-15-30-16-17-31-18-19-32-23(28)21(26-24)11-10-20-7-5-4-6-8-20/h1,4-8,10-11H,3,9,12-19H2,(H,25,27)/b11-10+. The lowest BCUT2D eigenvalue weighted by molar-refractivity contribution is -0.141. The molecule has 0 unspecified atom stereocenters. The van der Waals surface area contributed by atoms with Crippen molar-refractivity contribution in [1.82, 2.24) is 5.32 Å². The number of carbonyl (C=O) groups is 2. The quantitative estimate of drug-likeness (QED) is 0.0973. The average molecular weight is 444 g/mol. The lowest BCUT2D eigenvalue weighted by atomic mass is 10.2. The molecule has 0 aliphatic rings. The molecule has 0 saturated heterocycles. The predicted molar refractivity (Wildman–Crippen MR) is 119 cm³/mol. The number of ether oxygens (including phenoxy) is 4. The molecule has 0 spiro atoms. The summed E-state index contributed by atoms with van der Waals surface area (Å²) in [6.45, 7) is 2.52. The zero-order chi connectivity index (χ0) is 23.3. The van der Waals surface area contributed by atoms with Gasteiger partial charge in [0.25, 0.3) is 0 Å². The number of nitrogens with one attached hydrogen (secondary N) is 1. The van der Waals surface area contributed by atoms with Gasteiger partial charge in [-0.3, -0.25) is 4.79 Å². The van der Waals surface area contributed by atoms with Crippen molar-refractivity contribution in [3.8, 4) is 12.3 Å². The minimum atomic E-state index is -0.746. The molecule has 172 valence electrons. The van der Waals surface area contributed by atoms with Crippen LogP contribution in [0, 0.1) is 12.3 Å². The smallest absolute Gasteiger partial charge is 0.421 e. The molecule has 0 aromatic heterocycles. The Balaban J connectivity index is 1.96. The van der Waals surface area contributed by atoms with Crippen molar-refractivity contribution in [2.75, 3.05) is 52.8 Å². The number of hydrogen-bond acceptors (Lipinski definition) is 6. The summed E-state index contributed by atoms with van der Waals surface area (Å²) in [6, 6.07) is 9.28. The van der Waals surface area contributed by atoms with Crippen LogP contribution in [0.2, 0.25) is 0 Å². The number of terminal acetylenes is 1. The summed E-state index contributed by atoms with van der Waals surface area (Å²) in [4.78, 5) is 26.1. The number of hydrogen-bond donors (Lipinski definition) is 1. The van der Waals surface area contributed by atoms with E-state index in [9.17, 15) is 9.59 Å². The highest BCUT2D eigenvalue weighted by Crippen LogP contribution is 2.01. The molecular weight excluding hydrogens is 414 g/mol. The maximum atomic E-state index is 11.9. The van der Waals surface area contributed by atoms with E-state index in [1.165, 1.54) is 6.08 Å². The van der Waals surface area contributed by atoms with Crippen molar-refractivity contribution in [2.45, 2.75) is 12.8 Å². The molecule has 0 heterocycles. The van der Waals surface area contributed by atoms with E-state index in [0.29, 0.717) is 52.4 Å². The zero-order valence-electron chi connectivity index (χ0n) is 18.0. The maximum absolute atomic E-state index is 11.9. The molecule has 1 aromatic carbocycles. The first-order valence-corrected chi connectivity index (χ1v) is 10.2. The molecule has 1 aromatic rings. The summed E-state index contributed by atoms with van der Waals surface area (Å²) >= 11 is 0.